The molecule has 0 heterocycles. The van der Waals surface area contributed by atoms with Gasteiger partial charge in [0.05, 0.1) is 6.10 Å². The number of rotatable bonds is 4. The predicted octanol–water partition coefficient (Wildman–Crippen LogP) is 2.14. The number of benzene rings is 1. The van der Waals surface area contributed by atoms with Gasteiger partial charge in [-0.05, 0) is 19.0 Å². The maximum absolute atomic E-state index is 9.92. The minimum atomic E-state index is -0.406. The normalized spacial score (nSPS) is 14.2. The molecule has 2 atom stereocenters. The summed E-state index contributed by atoms with van der Waals surface area (Å²) in [5.41, 5.74) is 0.976. The van der Waals surface area contributed by atoms with Crippen molar-refractivity contribution in [3.05, 3.63) is 35.9 Å². The lowest BCUT2D eigenvalue weighted by atomic mass is 10.0. The summed E-state index contributed by atoms with van der Waals surface area (Å²) in [5.74, 6) is 0. The molecule has 1 aromatic carbocycles. The van der Waals surface area contributed by atoms with Gasteiger partial charge in [-0.1, -0.05) is 37.3 Å². The molecule has 1 aromatic rings. The van der Waals surface area contributed by atoms with E-state index in [9.17, 15) is 5.11 Å². The van der Waals surface area contributed by atoms with Crippen molar-refractivity contribution < 1.29 is 5.11 Å². The van der Waals surface area contributed by atoms with Gasteiger partial charge in [0.1, 0.15) is 0 Å². The smallest absolute Gasteiger partial charge is 0.0942 e. The number of nitrogens with one attached hydrogen (secondary N) is 1. The van der Waals surface area contributed by atoms with Gasteiger partial charge >= 0.3 is 0 Å². The summed E-state index contributed by atoms with van der Waals surface area (Å²) in [6, 6.07) is 9.88. The molecule has 0 fully saturated rings. The third-order valence-electron chi connectivity index (χ3n) is 2.33. The van der Waals surface area contributed by atoms with Gasteiger partial charge in [-0.25, -0.2) is 0 Å². The van der Waals surface area contributed by atoms with Gasteiger partial charge in [0.25, 0.3) is 0 Å². The fraction of sp³-hybridized carbons (Fsp3) is 0.455. The zero-order valence-corrected chi connectivity index (χ0v) is 9.42. The van der Waals surface area contributed by atoms with Crippen molar-refractivity contribution in [2.24, 2.45) is 0 Å². The lowest BCUT2D eigenvalue weighted by molar-refractivity contribution is 0.130. The minimum Gasteiger partial charge on any atom is -0.387 e. The molecular weight excluding hydrogens is 198 g/mol. The van der Waals surface area contributed by atoms with Crippen LogP contribution >= 0.6 is 12.4 Å². The SMILES string of the molecule is CC[C@H](NC)[C@H](O)c1ccccc1.Cl. The van der Waals surface area contributed by atoms with Crippen molar-refractivity contribution in [1.82, 2.24) is 5.32 Å². The molecule has 0 aliphatic carbocycles. The zero-order chi connectivity index (χ0) is 9.68. The van der Waals surface area contributed by atoms with E-state index in [1.54, 1.807) is 0 Å². The first-order chi connectivity index (χ1) is 6.29. The molecule has 14 heavy (non-hydrogen) atoms. The molecule has 0 spiro atoms. The van der Waals surface area contributed by atoms with Crippen molar-refractivity contribution >= 4 is 12.4 Å². The molecule has 0 saturated heterocycles. The van der Waals surface area contributed by atoms with Crippen LogP contribution in [0, 0.1) is 0 Å². The van der Waals surface area contributed by atoms with Crippen molar-refractivity contribution in [2.75, 3.05) is 7.05 Å². The van der Waals surface area contributed by atoms with Crippen molar-refractivity contribution in [3.8, 4) is 0 Å². The molecule has 2 N–H and O–H groups in total. The van der Waals surface area contributed by atoms with Crippen LogP contribution in [-0.4, -0.2) is 18.2 Å². The fourth-order valence-electron chi connectivity index (χ4n) is 1.47. The monoisotopic (exact) mass is 215 g/mol. The Balaban J connectivity index is 0.00000169. The second-order valence-electron chi connectivity index (χ2n) is 3.16. The summed E-state index contributed by atoms with van der Waals surface area (Å²) >= 11 is 0. The molecule has 2 nitrogen and oxygen atoms in total. The van der Waals surface area contributed by atoms with Gasteiger partial charge < -0.3 is 10.4 Å². The molecule has 1 rings (SSSR count). The Bertz CT molecular complexity index is 236. The summed E-state index contributed by atoms with van der Waals surface area (Å²) in [6.07, 6.45) is 0.517. The summed E-state index contributed by atoms with van der Waals surface area (Å²) < 4.78 is 0. The minimum absolute atomic E-state index is 0. The van der Waals surface area contributed by atoms with Crippen LogP contribution in [0.3, 0.4) is 0 Å². The Morgan fingerprint density at radius 3 is 2.29 bits per heavy atom. The van der Waals surface area contributed by atoms with E-state index in [0.29, 0.717) is 0 Å². The summed E-state index contributed by atoms with van der Waals surface area (Å²) in [7, 11) is 1.88. The average molecular weight is 216 g/mol. The molecule has 0 aliphatic rings. The quantitative estimate of drug-likeness (QED) is 0.807. The highest BCUT2D eigenvalue weighted by Crippen LogP contribution is 2.17. The van der Waals surface area contributed by atoms with Gasteiger partial charge in [0, 0.05) is 6.04 Å². The van der Waals surface area contributed by atoms with E-state index >= 15 is 0 Å². The average Bonchev–Trinajstić information content (AvgIpc) is 2.21. The molecule has 0 saturated carbocycles. The second kappa shape index (κ2) is 6.82. The van der Waals surface area contributed by atoms with Crippen LogP contribution in [-0.2, 0) is 0 Å². The van der Waals surface area contributed by atoms with Gasteiger partial charge in [-0.2, -0.15) is 0 Å². The number of halogens is 1. The van der Waals surface area contributed by atoms with Crippen LogP contribution < -0.4 is 5.32 Å². The lowest BCUT2D eigenvalue weighted by Crippen LogP contribution is -2.31. The van der Waals surface area contributed by atoms with Gasteiger partial charge in [-0.3, -0.25) is 0 Å². The maximum atomic E-state index is 9.92. The Hall–Kier alpha value is -0.570. The fourth-order valence-corrected chi connectivity index (χ4v) is 1.47. The van der Waals surface area contributed by atoms with Crippen LogP contribution in [0.2, 0.25) is 0 Å². The van der Waals surface area contributed by atoms with Crippen LogP contribution in [0.4, 0.5) is 0 Å². The van der Waals surface area contributed by atoms with Gasteiger partial charge in [0.2, 0.25) is 0 Å². The lowest BCUT2D eigenvalue weighted by Gasteiger charge is -2.21. The number of aliphatic hydroxyl groups excluding tert-OH is 1. The molecule has 0 aliphatic heterocycles. The van der Waals surface area contributed by atoms with Crippen molar-refractivity contribution in [1.29, 1.82) is 0 Å². The molecule has 80 valence electrons. The number of hydrogen-bond donors (Lipinski definition) is 2. The van der Waals surface area contributed by atoms with E-state index in [1.165, 1.54) is 0 Å². The summed E-state index contributed by atoms with van der Waals surface area (Å²) in [5, 5.41) is 13.0. The molecule has 0 aromatic heterocycles. The van der Waals surface area contributed by atoms with Crippen LogP contribution in [0.5, 0.6) is 0 Å². The van der Waals surface area contributed by atoms with Gasteiger partial charge in [0.15, 0.2) is 0 Å². The third-order valence-corrected chi connectivity index (χ3v) is 2.33. The van der Waals surface area contributed by atoms with E-state index < -0.39 is 6.10 Å². The maximum Gasteiger partial charge on any atom is 0.0942 e. The van der Waals surface area contributed by atoms with Crippen LogP contribution in [0.25, 0.3) is 0 Å². The summed E-state index contributed by atoms with van der Waals surface area (Å²) in [4.78, 5) is 0. The predicted molar refractivity (Wildman–Crippen MR) is 61.8 cm³/mol. The first kappa shape index (κ1) is 13.4. The Morgan fingerprint density at radius 1 is 1.29 bits per heavy atom. The third kappa shape index (κ3) is 3.29. The van der Waals surface area contributed by atoms with Gasteiger partial charge in [-0.15, -0.1) is 12.4 Å². The molecule has 0 bridgehead atoms. The number of likely N-dealkylation sites (N-methyl/N-ethyl adjacent to an activating group) is 1. The summed E-state index contributed by atoms with van der Waals surface area (Å²) in [6.45, 7) is 2.06. The Morgan fingerprint density at radius 2 is 1.86 bits per heavy atom. The first-order valence-corrected chi connectivity index (χ1v) is 4.69. The molecular formula is C11H18ClNO. The molecule has 0 unspecified atom stereocenters. The van der Waals surface area contributed by atoms with E-state index in [0.717, 1.165) is 12.0 Å². The number of hydrogen-bond acceptors (Lipinski definition) is 2. The highest BCUT2D eigenvalue weighted by molar-refractivity contribution is 5.85. The molecule has 0 amide bonds. The zero-order valence-electron chi connectivity index (χ0n) is 8.60. The second-order valence-corrected chi connectivity index (χ2v) is 3.16. The van der Waals surface area contributed by atoms with E-state index in [4.69, 9.17) is 0 Å². The van der Waals surface area contributed by atoms with Crippen molar-refractivity contribution in [2.45, 2.75) is 25.5 Å². The van der Waals surface area contributed by atoms with E-state index in [-0.39, 0.29) is 18.4 Å². The topological polar surface area (TPSA) is 32.3 Å². The largest absolute Gasteiger partial charge is 0.387 e. The Labute approximate surface area is 91.8 Å². The molecule has 0 radical (unpaired) electrons. The van der Waals surface area contributed by atoms with Crippen LogP contribution in [0.1, 0.15) is 25.0 Å². The van der Waals surface area contributed by atoms with E-state index in [1.807, 2.05) is 37.4 Å². The number of aliphatic hydroxyl groups is 1. The highest BCUT2D eigenvalue weighted by Gasteiger charge is 2.16. The molecule has 3 heteroatoms. The van der Waals surface area contributed by atoms with Crippen LogP contribution in [0.15, 0.2) is 30.3 Å². The first-order valence-electron chi connectivity index (χ1n) is 4.69. The standard InChI is InChI=1S/C11H17NO.ClH/c1-3-10(12-2)11(13)9-7-5-4-6-8-9;/h4-8,10-13H,3H2,1-2H3;1H/t10-,11+;/m0./s1. The van der Waals surface area contributed by atoms with E-state index in [2.05, 4.69) is 12.2 Å². The Kier molecular flexibility index (Phi) is 6.54. The van der Waals surface area contributed by atoms with Crippen molar-refractivity contribution in [3.63, 3.8) is 0 Å². The highest BCUT2D eigenvalue weighted by atomic mass is 35.5.